The Hall–Kier alpha value is -3.95. The second kappa shape index (κ2) is 9.46. The molecule has 32 heavy (non-hydrogen) atoms. The van der Waals surface area contributed by atoms with Crippen LogP contribution in [0.3, 0.4) is 0 Å². The van der Waals surface area contributed by atoms with Crippen molar-refractivity contribution < 1.29 is 14.6 Å². The zero-order valence-corrected chi connectivity index (χ0v) is 18.4. The van der Waals surface area contributed by atoms with Crippen LogP contribution in [0.2, 0.25) is 0 Å². The number of rotatable bonds is 6. The van der Waals surface area contributed by atoms with E-state index in [1.165, 1.54) is 16.2 Å². The molecule has 0 saturated carbocycles. The van der Waals surface area contributed by atoms with Gasteiger partial charge in [0.2, 0.25) is 0 Å². The average Bonchev–Trinajstić information content (AvgIpc) is 3.13. The highest BCUT2D eigenvalue weighted by Crippen LogP contribution is 2.27. The van der Waals surface area contributed by atoms with Crippen molar-refractivity contribution in [2.24, 2.45) is 13.0 Å². The molecule has 0 aliphatic rings. The van der Waals surface area contributed by atoms with Crippen LogP contribution in [0.4, 0.5) is 0 Å². The van der Waals surface area contributed by atoms with Crippen LogP contribution in [-0.2, 0) is 20.1 Å². The minimum absolute atomic E-state index is 0.124. The normalized spacial score (nSPS) is 11.5. The monoisotopic (exact) mass is 436 g/mol. The maximum Gasteiger partial charge on any atom is 0.333 e. The zero-order valence-electron chi connectivity index (χ0n) is 18.4. The average molecular weight is 436 g/mol. The number of aryl methyl sites for hydroxylation is 1. The van der Waals surface area contributed by atoms with Crippen molar-refractivity contribution in [3.63, 3.8) is 0 Å². The Morgan fingerprint density at radius 1 is 1.16 bits per heavy atom. The van der Waals surface area contributed by atoms with Gasteiger partial charge in [-0.25, -0.2) is 14.3 Å². The van der Waals surface area contributed by atoms with E-state index < -0.39 is 11.2 Å². The van der Waals surface area contributed by atoms with Gasteiger partial charge >= 0.3 is 5.69 Å². The van der Waals surface area contributed by atoms with Gasteiger partial charge in [-0.3, -0.25) is 9.36 Å². The summed E-state index contributed by atoms with van der Waals surface area (Å²) in [4.78, 5) is 30.4. The fraction of sp³-hybridized carbons (Fsp3) is 0.348. The predicted molar refractivity (Wildman–Crippen MR) is 120 cm³/mol. The van der Waals surface area contributed by atoms with Crippen molar-refractivity contribution in [1.29, 1.82) is 0 Å². The lowest BCUT2D eigenvalue weighted by Crippen LogP contribution is -2.41. The molecule has 2 aromatic heterocycles. The summed E-state index contributed by atoms with van der Waals surface area (Å²) in [6, 6.07) is 5.24. The smallest absolute Gasteiger partial charge is 0.333 e. The predicted octanol–water partition coefficient (Wildman–Crippen LogP) is 0.575. The summed E-state index contributed by atoms with van der Waals surface area (Å²) in [6.07, 6.45) is 5.36. The summed E-state index contributed by atoms with van der Waals surface area (Å²) in [7, 11) is 4.74. The number of aliphatic hydroxyl groups is 1. The Bertz CT molecular complexity index is 1380. The third-order valence-electron chi connectivity index (χ3n) is 5.00. The minimum Gasteiger partial charge on any atom is -0.493 e. The van der Waals surface area contributed by atoms with Gasteiger partial charge < -0.3 is 19.1 Å². The van der Waals surface area contributed by atoms with Gasteiger partial charge in [0.1, 0.15) is 0 Å². The second-order valence-corrected chi connectivity index (χ2v) is 7.26. The van der Waals surface area contributed by atoms with Crippen LogP contribution in [0.5, 0.6) is 11.5 Å². The largest absolute Gasteiger partial charge is 0.493 e. The van der Waals surface area contributed by atoms with E-state index in [0.717, 1.165) is 4.57 Å². The van der Waals surface area contributed by atoms with Gasteiger partial charge in [-0.05, 0) is 30.0 Å². The summed E-state index contributed by atoms with van der Waals surface area (Å²) in [5.41, 5.74) is -0.0386. The lowest BCUT2D eigenvalue weighted by atomic mass is 10.2. The lowest BCUT2D eigenvalue weighted by Gasteiger charge is -2.13. The molecule has 0 bridgehead atoms. The molecule has 0 spiro atoms. The van der Waals surface area contributed by atoms with Gasteiger partial charge in [0.15, 0.2) is 28.5 Å². The van der Waals surface area contributed by atoms with E-state index in [-0.39, 0.29) is 36.8 Å². The van der Waals surface area contributed by atoms with Gasteiger partial charge in [0.25, 0.3) is 5.56 Å². The minimum atomic E-state index is -0.571. The topological polar surface area (TPSA) is 101 Å². The number of nitrogens with zero attached hydrogens (tertiary/aromatic N) is 4. The quantitative estimate of drug-likeness (QED) is 0.568. The molecule has 0 unspecified atom stereocenters. The highest BCUT2D eigenvalue weighted by atomic mass is 16.5. The van der Waals surface area contributed by atoms with Gasteiger partial charge in [0, 0.05) is 25.8 Å². The van der Waals surface area contributed by atoms with Crippen LogP contribution in [0.15, 0.2) is 27.8 Å². The molecule has 0 radical (unpaired) electrons. The first kappa shape index (κ1) is 22.7. The fourth-order valence-electron chi connectivity index (χ4n) is 3.28. The Morgan fingerprint density at radius 2 is 1.88 bits per heavy atom. The summed E-state index contributed by atoms with van der Waals surface area (Å²) >= 11 is 0. The summed E-state index contributed by atoms with van der Waals surface area (Å²) in [5, 5.41) is 9.45. The number of ether oxygens (including phenoxy) is 2. The molecule has 1 N–H and O–H groups in total. The van der Waals surface area contributed by atoms with Crippen LogP contribution in [0.1, 0.15) is 18.3 Å². The molecule has 0 aliphatic carbocycles. The molecule has 0 fully saturated rings. The maximum absolute atomic E-state index is 13.0. The van der Waals surface area contributed by atoms with Crippen LogP contribution in [0, 0.1) is 30.1 Å². The molecule has 3 rings (SSSR count). The molecule has 0 amide bonds. The number of aromatic nitrogens is 4. The summed E-state index contributed by atoms with van der Waals surface area (Å²) in [5.74, 6) is 9.48. The standard InChI is InChI=1S/C23H24N4O5/c1-6-11-26-22(29)20-21(27(23(26)30)13-15(2)14-28)24-19(25(20)3)10-8-16-7-9-17(31-4)18(12-16)32-5/h1,7,9,12,15,28H,11,13-14H2,2-5H3/t15-/m0/s1. The number of methoxy groups -OCH3 is 2. The van der Waals surface area contributed by atoms with Crippen molar-refractivity contribution in [2.75, 3.05) is 20.8 Å². The maximum atomic E-state index is 13.0. The molecule has 3 aromatic rings. The summed E-state index contributed by atoms with van der Waals surface area (Å²) < 4.78 is 14.4. The van der Waals surface area contributed by atoms with Crippen molar-refractivity contribution in [3.05, 3.63) is 50.4 Å². The molecule has 0 aliphatic heterocycles. The van der Waals surface area contributed by atoms with Crippen molar-refractivity contribution in [3.8, 4) is 35.7 Å². The van der Waals surface area contributed by atoms with E-state index in [4.69, 9.17) is 15.9 Å². The van der Waals surface area contributed by atoms with Crippen LogP contribution in [-0.4, -0.2) is 44.6 Å². The van der Waals surface area contributed by atoms with E-state index >= 15 is 0 Å². The molecular weight excluding hydrogens is 412 g/mol. The molecular formula is C23H24N4O5. The second-order valence-electron chi connectivity index (χ2n) is 7.26. The Labute approximate surface area is 184 Å². The highest BCUT2D eigenvalue weighted by Gasteiger charge is 2.20. The zero-order chi connectivity index (χ0) is 23.4. The first-order valence-electron chi connectivity index (χ1n) is 9.84. The highest BCUT2D eigenvalue weighted by molar-refractivity contribution is 5.72. The van der Waals surface area contributed by atoms with Gasteiger partial charge in [-0.2, -0.15) is 0 Å². The number of imidazole rings is 1. The van der Waals surface area contributed by atoms with Gasteiger partial charge in [-0.1, -0.05) is 18.8 Å². The molecule has 1 aromatic carbocycles. The molecule has 9 heteroatoms. The third kappa shape index (κ3) is 4.11. The van der Waals surface area contributed by atoms with Crippen molar-refractivity contribution in [2.45, 2.75) is 20.0 Å². The Kier molecular flexibility index (Phi) is 6.72. The van der Waals surface area contributed by atoms with E-state index in [1.807, 2.05) is 0 Å². The number of fused-ring (bicyclic) bond motifs is 1. The third-order valence-corrected chi connectivity index (χ3v) is 5.00. The number of terminal acetylenes is 1. The Balaban J connectivity index is 2.21. The summed E-state index contributed by atoms with van der Waals surface area (Å²) in [6.45, 7) is 1.67. The van der Waals surface area contributed by atoms with Crippen LogP contribution in [0.25, 0.3) is 11.2 Å². The molecule has 0 saturated heterocycles. The number of hydrogen-bond acceptors (Lipinski definition) is 6. The van der Waals surface area contributed by atoms with Crippen LogP contribution >= 0.6 is 0 Å². The van der Waals surface area contributed by atoms with E-state index in [0.29, 0.717) is 22.9 Å². The van der Waals surface area contributed by atoms with Gasteiger partial charge in [0.05, 0.1) is 20.8 Å². The van der Waals surface area contributed by atoms with E-state index in [1.54, 1.807) is 39.3 Å². The molecule has 9 nitrogen and oxygen atoms in total. The first-order valence-corrected chi connectivity index (χ1v) is 9.84. The van der Waals surface area contributed by atoms with E-state index in [9.17, 15) is 14.7 Å². The lowest BCUT2D eigenvalue weighted by molar-refractivity contribution is 0.222. The number of benzene rings is 1. The fourth-order valence-corrected chi connectivity index (χ4v) is 3.28. The SMILES string of the molecule is C#CCn1c(=O)c2c(nc(C#Cc3ccc(OC)c(OC)c3)n2C)n(C[C@H](C)CO)c1=O. The molecule has 166 valence electrons. The van der Waals surface area contributed by atoms with Crippen LogP contribution < -0.4 is 20.7 Å². The molecule has 2 heterocycles. The number of hydrogen-bond donors (Lipinski definition) is 1. The number of aliphatic hydroxyl groups excluding tert-OH is 1. The van der Waals surface area contributed by atoms with Crippen molar-refractivity contribution >= 4 is 11.2 Å². The first-order chi connectivity index (χ1) is 15.4. The van der Waals surface area contributed by atoms with E-state index in [2.05, 4.69) is 22.7 Å². The Morgan fingerprint density at radius 3 is 2.50 bits per heavy atom. The van der Waals surface area contributed by atoms with Gasteiger partial charge in [-0.15, -0.1) is 6.42 Å². The molecule has 1 atom stereocenters. The van der Waals surface area contributed by atoms with Crippen molar-refractivity contribution in [1.82, 2.24) is 18.7 Å².